The molecule has 3 N–H and O–H groups in total. The lowest BCUT2D eigenvalue weighted by atomic mass is 10.3. The van der Waals surface area contributed by atoms with Gasteiger partial charge >= 0.3 is 0 Å². The maximum atomic E-state index is 12.2. The fourth-order valence-corrected chi connectivity index (χ4v) is 4.10. The molecule has 0 radical (unpaired) electrons. The molecule has 1 aromatic heterocycles. The molecule has 2 rings (SSSR count). The monoisotopic (exact) mass is 346 g/mol. The molecule has 0 atom stereocenters. The zero-order valence-corrected chi connectivity index (χ0v) is 12.5. The summed E-state index contributed by atoms with van der Waals surface area (Å²) in [4.78, 5) is 0.900. The predicted molar refractivity (Wildman–Crippen MR) is 77.2 cm³/mol. The van der Waals surface area contributed by atoms with Crippen LogP contribution in [0.2, 0.25) is 0 Å². The third-order valence-corrected chi connectivity index (χ3v) is 5.34. The number of rotatable bonds is 4. The average Bonchev–Trinajstić information content (AvgIpc) is 2.81. The van der Waals surface area contributed by atoms with E-state index in [-0.39, 0.29) is 11.4 Å². The van der Waals surface area contributed by atoms with E-state index in [1.54, 1.807) is 35.7 Å². The molecule has 0 aliphatic heterocycles. The summed E-state index contributed by atoms with van der Waals surface area (Å²) in [5, 5.41) is 1.72. The van der Waals surface area contributed by atoms with Crippen molar-refractivity contribution in [3.8, 4) is 0 Å². The van der Waals surface area contributed by atoms with Gasteiger partial charge in [0, 0.05) is 21.6 Å². The Morgan fingerprint density at radius 2 is 1.89 bits per heavy atom. The van der Waals surface area contributed by atoms with Crippen molar-refractivity contribution in [2.45, 2.75) is 11.4 Å². The van der Waals surface area contributed by atoms with Crippen molar-refractivity contribution in [1.29, 1.82) is 0 Å². The van der Waals surface area contributed by atoms with Gasteiger partial charge in [0.05, 0.1) is 0 Å². The number of halogens is 1. The molecule has 0 aliphatic carbocycles. The molecule has 7 heteroatoms. The van der Waals surface area contributed by atoms with Crippen LogP contribution in [0.4, 0.5) is 5.69 Å². The summed E-state index contributed by atoms with van der Waals surface area (Å²) < 4.78 is 27.7. The van der Waals surface area contributed by atoms with Crippen LogP contribution in [0.3, 0.4) is 0 Å². The lowest BCUT2D eigenvalue weighted by Gasteiger charge is -2.08. The van der Waals surface area contributed by atoms with E-state index in [1.807, 2.05) is 0 Å². The van der Waals surface area contributed by atoms with Crippen molar-refractivity contribution < 1.29 is 8.42 Å². The van der Waals surface area contributed by atoms with Crippen LogP contribution < -0.4 is 10.5 Å². The average molecular weight is 347 g/mol. The minimum absolute atomic E-state index is 0.217. The summed E-state index contributed by atoms with van der Waals surface area (Å²) in [5.74, 6) is 0. The maximum absolute atomic E-state index is 12.2. The molecule has 0 amide bonds. The van der Waals surface area contributed by atoms with Crippen LogP contribution in [0.5, 0.6) is 0 Å². The van der Waals surface area contributed by atoms with Crippen molar-refractivity contribution in [2.75, 3.05) is 4.72 Å². The Morgan fingerprint density at radius 1 is 1.22 bits per heavy atom. The second-order valence-corrected chi connectivity index (χ2v) is 7.09. The first kappa shape index (κ1) is 13.5. The van der Waals surface area contributed by atoms with E-state index >= 15 is 0 Å². The van der Waals surface area contributed by atoms with Gasteiger partial charge in [-0.1, -0.05) is 15.9 Å². The van der Waals surface area contributed by atoms with Gasteiger partial charge in [0.15, 0.2) is 0 Å². The Balaban J connectivity index is 2.30. The van der Waals surface area contributed by atoms with Crippen LogP contribution in [-0.4, -0.2) is 8.42 Å². The van der Waals surface area contributed by atoms with Gasteiger partial charge in [-0.3, -0.25) is 4.72 Å². The summed E-state index contributed by atoms with van der Waals surface area (Å²) in [5.41, 5.74) is 6.04. The quantitative estimate of drug-likeness (QED) is 0.893. The Kier molecular flexibility index (Phi) is 4.06. The van der Waals surface area contributed by atoms with E-state index in [1.165, 1.54) is 11.3 Å². The van der Waals surface area contributed by atoms with E-state index in [0.29, 0.717) is 10.6 Å². The second-order valence-electron chi connectivity index (χ2n) is 3.52. The van der Waals surface area contributed by atoms with E-state index in [2.05, 4.69) is 20.7 Å². The van der Waals surface area contributed by atoms with Crippen molar-refractivity contribution in [1.82, 2.24) is 0 Å². The molecule has 4 nitrogen and oxygen atoms in total. The van der Waals surface area contributed by atoms with Gasteiger partial charge in [0.1, 0.15) is 4.90 Å². The summed E-state index contributed by atoms with van der Waals surface area (Å²) in [6.45, 7) is 0.217. The van der Waals surface area contributed by atoms with Crippen LogP contribution >= 0.6 is 27.3 Å². The fraction of sp³-hybridized carbons (Fsp3) is 0.0909. The number of anilines is 1. The van der Waals surface area contributed by atoms with Gasteiger partial charge in [0.25, 0.3) is 10.0 Å². The maximum Gasteiger partial charge on any atom is 0.263 e. The number of benzene rings is 1. The predicted octanol–water partition coefficient (Wildman–Crippen LogP) is 2.77. The molecule has 96 valence electrons. The fourth-order valence-electron chi connectivity index (χ4n) is 1.45. The van der Waals surface area contributed by atoms with Gasteiger partial charge in [-0.15, -0.1) is 11.3 Å². The van der Waals surface area contributed by atoms with Crippen LogP contribution in [0, 0.1) is 0 Å². The van der Waals surface area contributed by atoms with Crippen LogP contribution in [0.1, 0.15) is 4.88 Å². The molecule has 0 aliphatic rings. The Morgan fingerprint density at radius 3 is 2.50 bits per heavy atom. The van der Waals surface area contributed by atoms with Gasteiger partial charge < -0.3 is 5.73 Å². The largest absolute Gasteiger partial charge is 0.326 e. The van der Waals surface area contributed by atoms with Crippen molar-refractivity contribution in [2.24, 2.45) is 5.73 Å². The summed E-state index contributed by atoms with van der Waals surface area (Å²) >= 11 is 4.63. The summed E-state index contributed by atoms with van der Waals surface area (Å²) in [6, 6.07) is 8.49. The summed E-state index contributed by atoms with van der Waals surface area (Å²) in [6.07, 6.45) is 0. The highest BCUT2D eigenvalue weighted by Gasteiger charge is 2.18. The summed E-state index contributed by atoms with van der Waals surface area (Å²) in [7, 11) is -3.56. The number of sulfonamides is 1. The van der Waals surface area contributed by atoms with Crippen molar-refractivity contribution >= 4 is 43.0 Å². The van der Waals surface area contributed by atoms with Crippen LogP contribution in [-0.2, 0) is 16.6 Å². The highest BCUT2D eigenvalue weighted by Crippen LogP contribution is 2.24. The highest BCUT2D eigenvalue weighted by atomic mass is 79.9. The van der Waals surface area contributed by atoms with Gasteiger partial charge in [0.2, 0.25) is 0 Å². The zero-order valence-electron chi connectivity index (χ0n) is 9.26. The third-order valence-electron chi connectivity index (χ3n) is 2.28. The first-order chi connectivity index (χ1) is 8.53. The molecule has 1 heterocycles. The van der Waals surface area contributed by atoms with E-state index < -0.39 is 10.0 Å². The molecule has 0 bridgehead atoms. The van der Waals surface area contributed by atoms with E-state index in [4.69, 9.17) is 5.73 Å². The Hall–Kier alpha value is -0.890. The Bertz CT molecular complexity index is 635. The minimum Gasteiger partial charge on any atom is -0.326 e. The molecule has 1 aromatic carbocycles. The lowest BCUT2D eigenvalue weighted by molar-refractivity contribution is 0.600. The third kappa shape index (κ3) is 2.92. The molecule has 0 fully saturated rings. The normalized spacial score (nSPS) is 11.4. The highest BCUT2D eigenvalue weighted by molar-refractivity contribution is 9.10. The SMILES string of the molecule is NCc1sccc1S(=O)(=O)Nc1ccc(Br)cc1. The van der Waals surface area contributed by atoms with Crippen LogP contribution in [0.15, 0.2) is 45.1 Å². The van der Waals surface area contributed by atoms with Gasteiger partial charge in [-0.2, -0.15) is 0 Å². The molecule has 2 aromatic rings. The number of hydrogen-bond donors (Lipinski definition) is 2. The van der Waals surface area contributed by atoms with E-state index in [0.717, 1.165) is 4.47 Å². The standard InChI is InChI=1S/C11H11BrN2O2S2/c12-8-1-3-9(4-2-8)14-18(15,16)11-5-6-17-10(11)7-13/h1-6,14H,7,13H2. The molecule has 0 saturated heterocycles. The number of nitrogens with two attached hydrogens (primary N) is 1. The minimum atomic E-state index is -3.56. The molecular weight excluding hydrogens is 336 g/mol. The molecule has 0 spiro atoms. The van der Waals surface area contributed by atoms with Gasteiger partial charge in [-0.05, 0) is 35.7 Å². The number of nitrogens with one attached hydrogen (secondary N) is 1. The molecular formula is C11H11BrN2O2S2. The molecule has 0 unspecified atom stereocenters. The first-order valence-electron chi connectivity index (χ1n) is 5.08. The number of thiophene rings is 1. The lowest BCUT2D eigenvalue weighted by Crippen LogP contribution is -2.14. The Labute approximate surface area is 118 Å². The molecule has 18 heavy (non-hydrogen) atoms. The van der Waals surface area contributed by atoms with Crippen LogP contribution in [0.25, 0.3) is 0 Å². The first-order valence-corrected chi connectivity index (χ1v) is 8.23. The second kappa shape index (κ2) is 5.40. The topological polar surface area (TPSA) is 72.2 Å². The zero-order chi connectivity index (χ0) is 13.2. The smallest absolute Gasteiger partial charge is 0.263 e. The molecule has 0 saturated carbocycles. The van der Waals surface area contributed by atoms with Crippen molar-refractivity contribution in [3.05, 3.63) is 45.1 Å². The number of hydrogen-bond acceptors (Lipinski definition) is 4. The van der Waals surface area contributed by atoms with E-state index in [9.17, 15) is 8.42 Å². The van der Waals surface area contributed by atoms with Crippen molar-refractivity contribution in [3.63, 3.8) is 0 Å². The van der Waals surface area contributed by atoms with Gasteiger partial charge in [-0.25, -0.2) is 8.42 Å².